The van der Waals surface area contributed by atoms with Crippen LogP contribution < -0.4 is 0 Å². The van der Waals surface area contributed by atoms with E-state index in [9.17, 15) is 0 Å². The zero-order chi connectivity index (χ0) is 7.23. The maximum absolute atomic E-state index is 2.47. The van der Waals surface area contributed by atoms with E-state index in [1.807, 2.05) is 0 Å². The van der Waals surface area contributed by atoms with Gasteiger partial charge in [0.1, 0.15) is 0 Å². The smallest absolute Gasteiger partial charge is 0.0320 e. The van der Waals surface area contributed by atoms with Gasteiger partial charge in [-0.2, -0.15) is 0 Å². The first kappa shape index (κ1) is 7.84. The molecule has 0 atom stereocenters. The molecule has 0 fully saturated rings. The average molecular weight is 138 g/mol. The maximum Gasteiger partial charge on any atom is -0.0320 e. The number of allylic oxidation sites excluding steroid dienone is 2. The normalized spacial score (nSPS) is 19.9. The highest BCUT2D eigenvalue weighted by molar-refractivity contribution is 5.02. The summed E-state index contributed by atoms with van der Waals surface area (Å²) in [4.78, 5) is 0. The summed E-state index contributed by atoms with van der Waals surface area (Å²) in [5, 5.41) is 0. The number of hydrogen-bond donors (Lipinski definition) is 0. The molecule has 0 aromatic heterocycles. The molecule has 58 valence electrons. The molecule has 10 heavy (non-hydrogen) atoms. The lowest BCUT2D eigenvalue weighted by molar-refractivity contribution is 0.699. The second kappa shape index (κ2) is 4.54. The summed E-state index contributed by atoms with van der Waals surface area (Å²) in [6.45, 7) is 2.27. The molecule has 0 amide bonds. The van der Waals surface area contributed by atoms with Crippen molar-refractivity contribution in [3.8, 4) is 0 Å². The third-order valence-corrected chi connectivity index (χ3v) is 2.21. The minimum Gasteiger partial charge on any atom is -0.0853 e. The van der Waals surface area contributed by atoms with E-state index in [1.54, 1.807) is 5.57 Å². The van der Waals surface area contributed by atoms with E-state index < -0.39 is 0 Å². The highest BCUT2D eigenvalue weighted by atomic mass is 14.1. The van der Waals surface area contributed by atoms with E-state index >= 15 is 0 Å². The van der Waals surface area contributed by atoms with Crippen LogP contribution in [0.2, 0.25) is 0 Å². The van der Waals surface area contributed by atoms with Gasteiger partial charge >= 0.3 is 0 Å². The van der Waals surface area contributed by atoms with E-state index in [0.717, 1.165) is 0 Å². The summed E-state index contributed by atoms with van der Waals surface area (Å²) in [5.74, 6) is 0. The van der Waals surface area contributed by atoms with Crippen LogP contribution in [0.5, 0.6) is 0 Å². The molecule has 0 unspecified atom stereocenters. The Balaban J connectivity index is 2.31. The monoisotopic (exact) mass is 138 g/mol. The molecule has 0 N–H and O–H groups in total. The third-order valence-electron chi connectivity index (χ3n) is 2.21. The summed E-state index contributed by atoms with van der Waals surface area (Å²) in [5.41, 5.74) is 1.72. The Labute approximate surface area is 64.3 Å². The van der Waals surface area contributed by atoms with Gasteiger partial charge in [0.05, 0.1) is 0 Å². The second-order valence-electron chi connectivity index (χ2n) is 3.21. The van der Waals surface area contributed by atoms with Gasteiger partial charge in [0.15, 0.2) is 0 Å². The topological polar surface area (TPSA) is 0 Å². The lowest BCUT2D eigenvalue weighted by Crippen LogP contribution is -1.80. The minimum absolute atomic E-state index is 1.33. The van der Waals surface area contributed by atoms with Crippen LogP contribution in [-0.2, 0) is 0 Å². The molecule has 0 spiro atoms. The quantitative estimate of drug-likeness (QED) is 0.511. The molecule has 0 aliphatic heterocycles. The lowest BCUT2D eigenvalue weighted by atomic mass is 10.1. The van der Waals surface area contributed by atoms with Crippen LogP contribution in [0.4, 0.5) is 0 Å². The summed E-state index contributed by atoms with van der Waals surface area (Å²) in [6.07, 6.45) is 12.2. The Morgan fingerprint density at radius 1 is 1.30 bits per heavy atom. The van der Waals surface area contributed by atoms with Crippen LogP contribution in [0.25, 0.3) is 0 Å². The van der Waals surface area contributed by atoms with Gasteiger partial charge in [-0.15, -0.1) is 0 Å². The van der Waals surface area contributed by atoms with Gasteiger partial charge in [-0.3, -0.25) is 0 Å². The summed E-state index contributed by atoms with van der Waals surface area (Å²) >= 11 is 0. The Kier molecular flexibility index (Phi) is 3.56. The highest BCUT2D eigenvalue weighted by Gasteiger charge is 2.00. The SMILES string of the molecule is CCCC1=CCCCCC1. The third kappa shape index (κ3) is 2.55. The standard InChI is InChI=1S/C10H18/c1-2-7-10-8-5-3-4-6-9-10/h8H,2-7,9H2,1H3. The van der Waals surface area contributed by atoms with Crippen LogP contribution in [0.15, 0.2) is 11.6 Å². The molecule has 0 saturated heterocycles. The molecule has 1 rings (SSSR count). The van der Waals surface area contributed by atoms with Crippen molar-refractivity contribution in [3.63, 3.8) is 0 Å². The van der Waals surface area contributed by atoms with E-state index in [0.29, 0.717) is 0 Å². The van der Waals surface area contributed by atoms with Crippen molar-refractivity contribution in [1.29, 1.82) is 0 Å². The van der Waals surface area contributed by atoms with Crippen molar-refractivity contribution in [2.24, 2.45) is 0 Å². The molecule has 1 aliphatic carbocycles. The molecule has 0 aromatic rings. The Morgan fingerprint density at radius 3 is 3.00 bits per heavy atom. The Morgan fingerprint density at radius 2 is 2.20 bits per heavy atom. The number of hydrogen-bond acceptors (Lipinski definition) is 0. The molecule has 0 bridgehead atoms. The van der Waals surface area contributed by atoms with Crippen molar-refractivity contribution in [1.82, 2.24) is 0 Å². The fourth-order valence-corrected chi connectivity index (χ4v) is 1.63. The van der Waals surface area contributed by atoms with Crippen molar-refractivity contribution in [2.45, 2.75) is 51.9 Å². The van der Waals surface area contributed by atoms with Crippen LogP contribution >= 0.6 is 0 Å². The molecule has 1 aliphatic rings. The Hall–Kier alpha value is -0.260. The molecular formula is C10H18. The van der Waals surface area contributed by atoms with Crippen molar-refractivity contribution >= 4 is 0 Å². The van der Waals surface area contributed by atoms with Gasteiger partial charge in [0, 0.05) is 0 Å². The van der Waals surface area contributed by atoms with Crippen LogP contribution in [-0.4, -0.2) is 0 Å². The van der Waals surface area contributed by atoms with Gasteiger partial charge in [-0.1, -0.05) is 31.4 Å². The van der Waals surface area contributed by atoms with Crippen LogP contribution in [0, 0.1) is 0 Å². The van der Waals surface area contributed by atoms with E-state index in [-0.39, 0.29) is 0 Å². The average Bonchev–Trinajstić information content (AvgIpc) is 2.17. The van der Waals surface area contributed by atoms with Crippen molar-refractivity contribution < 1.29 is 0 Å². The van der Waals surface area contributed by atoms with Crippen molar-refractivity contribution in [3.05, 3.63) is 11.6 Å². The fourth-order valence-electron chi connectivity index (χ4n) is 1.63. The van der Waals surface area contributed by atoms with E-state index in [4.69, 9.17) is 0 Å². The summed E-state index contributed by atoms with van der Waals surface area (Å²) < 4.78 is 0. The first-order chi connectivity index (χ1) is 4.93. The summed E-state index contributed by atoms with van der Waals surface area (Å²) in [6, 6.07) is 0. The highest BCUT2D eigenvalue weighted by Crippen LogP contribution is 2.20. The lowest BCUT2D eigenvalue weighted by Gasteiger charge is -2.00. The predicted octanol–water partition coefficient (Wildman–Crippen LogP) is 3.68. The van der Waals surface area contributed by atoms with E-state index in [2.05, 4.69) is 13.0 Å². The number of rotatable bonds is 2. The van der Waals surface area contributed by atoms with Gasteiger partial charge in [0.2, 0.25) is 0 Å². The van der Waals surface area contributed by atoms with Crippen LogP contribution in [0.3, 0.4) is 0 Å². The summed E-state index contributed by atoms with van der Waals surface area (Å²) in [7, 11) is 0. The minimum atomic E-state index is 1.33. The first-order valence-corrected chi connectivity index (χ1v) is 4.61. The molecule has 0 aromatic carbocycles. The zero-order valence-corrected chi connectivity index (χ0v) is 7.03. The van der Waals surface area contributed by atoms with Gasteiger partial charge in [-0.05, 0) is 32.1 Å². The second-order valence-corrected chi connectivity index (χ2v) is 3.21. The van der Waals surface area contributed by atoms with Crippen molar-refractivity contribution in [2.75, 3.05) is 0 Å². The Bertz CT molecular complexity index is 111. The predicted molar refractivity (Wildman–Crippen MR) is 46.1 cm³/mol. The molecule has 0 radical (unpaired) electrons. The largest absolute Gasteiger partial charge is 0.0853 e. The fraction of sp³-hybridized carbons (Fsp3) is 0.800. The van der Waals surface area contributed by atoms with Crippen LogP contribution in [0.1, 0.15) is 51.9 Å². The van der Waals surface area contributed by atoms with E-state index in [1.165, 1.54) is 44.9 Å². The zero-order valence-electron chi connectivity index (χ0n) is 7.03. The maximum atomic E-state index is 2.47. The van der Waals surface area contributed by atoms with Gasteiger partial charge < -0.3 is 0 Å². The van der Waals surface area contributed by atoms with Gasteiger partial charge in [-0.25, -0.2) is 0 Å². The molecular weight excluding hydrogens is 120 g/mol. The molecule has 0 saturated carbocycles. The molecule has 0 nitrogen and oxygen atoms in total. The van der Waals surface area contributed by atoms with Gasteiger partial charge in [0.25, 0.3) is 0 Å². The molecule has 0 heterocycles. The molecule has 0 heteroatoms. The first-order valence-electron chi connectivity index (χ1n) is 4.61.